The molecule has 0 aromatic heterocycles. The molecule has 0 heterocycles. The van der Waals surface area contributed by atoms with Crippen LogP contribution in [0.3, 0.4) is 0 Å². The summed E-state index contributed by atoms with van der Waals surface area (Å²) in [6.07, 6.45) is 1.02. The van der Waals surface area contributed by atoms with Crippen LogP contribution in [0.1, 0.15) is 58.2 Å². The van der Waals surface area contributed by atoms with E-state index in [1.165, 1.54) is 21.7 Å². The van der Waals surface area contributed by atoms with Gasteiger partial charge in [-0.1, -0.05) is 134 Å². The zero-order valence-electron chi connectivity index (χ0n) is 19.8. The molecule has 31 heavy (non-hydrogen) atoms. The average Bonchev–Trinajstić information content (AvgIpc) is 2.71. The summed E-state index contributed by atoms with van der Waals surface area (Å²) in [6, 6.07) is 30.8. The Labute approximate surface area is 193 Å². The topological polar surface area (TPSA) is 0 Å². The Bertz CT molecular complexity index is 902. The zero-order chi connectivity index (χ0) is 22.6. The van der Waals surface area contributed by atoms with Crippen LogP contribution in [0, 0.1) is 0 Å². The van der Waals surface area contributed by atoms with Crippen molar-refractivity contribution in [2.45, 2.75) is 63.6 Å². The second-order valence-electron chi connectivity index (χ2n) is 10.1. The molecule has 3 aromatic carbocycles. The predicted molar refractivity (Wildman–Crippen MR) is 144 cm³/mol. The van der Waals surface area contributed by atoms with E-state index in [1.54, 1.807) is 0 Å². The van der Waals surface area contributed by atoms with E-state index in [-0.39, 0.29) is 15.9 Å². The summed E-state index contributed by atoms with van der Waals surface area (Å²) < 4.78 is 0. The molecule has 1 unspecified atom stereocenters. The standard InChI is InChI=1S/C28H35BP2/c1-27(2,3)31(28(4,5)6)26(29)25-20-14-13-15-22(25)21-30(23-16-9-7-10-17-23)24-18-11-8-12-19-24/h7-20,26H,21H2,1-6H3. The quantitative estimate of drug-likeness (QED) is 0.272. The van der Waals surface area contributed by atoms with Crippen molar-refractivity contribution >= 4 is 34.3 Å². The second kappa shape index (κ2) is 10.0. The molecule has 0 aliphatic carbocycles. The van der Waals surface area contributed by atoms with E-state index >= 15 is 0 Å². The fourth-order valence-corrected chi connectivity index (χ4v) is 11.2. The lowest BCUT2D eigenvalue weighted by molar-refractivity contribution is 0.700. The number of hydrogen-bond donors (Lipinski definition) is 0. The van der Waals surface area contributed by atoms with Crippen LogP contribution in [0.4, 0.5) is 0 Å². The van der Waals surface area contributed by atoms with Crippen LogP contribution in [0.25, 0.3) is 0 Å². The SMILES string of the molecule is [B]C(c1ccccc1CP(c1ccccc1)c1ccccc1)P(C(C)(C)C)C(C)(C)C. The number of rotatable bonds is 6. The fourth-order valence-electron chi connectivity index (χ4n) is 4.66. The molecule has 0 saturated carbocycles. The fraction of sp³-hybridized carbons (Fsp3) is 0.357. The van der Waals surface area contributed by atoms with Crippen molar-refractivity contribution in [2.24, 2.45) is 0 Å². The molecule has 3 rings (SSSR count). The highest BCUT2D eigenvalue weighted by atomic mass is 31.1. The van der Waals surface area contributed by atoms with Crippen LogP contribution in [-0.4, -0.2) is 18.2 Å². The van der Waals surface area contributed by atoms with Gasteiger partial charge in [0.15, 0.2) is 0 Å². The first-order valence-corrected chi connectivity index (χ1v) is 14.0. The minimum absolute atomic E-state index is 0.0644. The van der Waals surface area contributed by atoms with Gasteiger partial charge in [-0.2, -0.15) is 0 Å². The molecule has 0 saturated heterocycles. The summed E-state index contributed by atoms with van der Waals surface area (Å²) in [5.74, 6) is 0. The van der Waals surface area contributed by atoms with Gasteiger partial charge in [0.1, 0.15) is 0 Å². The first kappa shape index (κ1) is 24.2. The zero-order valence-corrected chi connectivity index (χ0v) is 21.6. The minimum Gasteiger partial charge on any atom is -0.0970 e. The van der Waals surface area contributed by atoms with Gasteiger partial charge in [0.2, 0.25) is 0 Å². The van der Waals surface area contributed by atoms with Gasteiger partial charge in [0.05, 0.1) is 7.85 Å². The third-order valence-electron chi connectivity index (χ3n) is 5.56. The van der Waals surface area contributed by atoms with Gasteiger partial charge >= 0.3 is 0 Å². The van der Waals surface area contributed by atoms with Gasteiger partial charge in [-0.25, -0.2) is 0 Å². The lowest BCUT2D eigenvalue weighted by Gasteiger charge is -2.46. The van der Waals surface area contributed by atoms with Crippen molar-refractivity contribution in [3.63, 3.8) is 0 Å². The summed E-state index contributed by atoms with van der Waals surface area (Å²) in [4.78, 5) is 0. The van der Waals surface area contributed by atoms with E-state index in [1.807, 2.05) is 0 Å². The highest BCUT2D eigenvalue weighted by Crippen LogP contribution is 2.67. The lowest BCUT2D eigenvalue weighted by atomic mass is 9.92. The summed E-state index contributed by atoms with van der Waals surface area (Å²) >= 11 is 0. The molecular formula is C28H35BP2. The molecule has 0 amide bonds. The summed E-state index contributed by atoms with van der Waals surface area (Å²) in [6.45, 7) is 14.1. The van der Waals surface area contributed by atoms with Crippen molar-refractivity contribution in [3.8, 4) is 0 Å². The highest BCUT2D eigenvalue weighted by molar-refractivity contribution is 7.72. The molecule has 0 nitrogen and oxygen atoms in total. The Morgan fingerprint density at radius 1 is 0.645 bits per heavy atom. The van der Waals surface area contributed by atoms with Crippen LogP contribution in [0.15, 0.2) is 84.9 Å². The summed E-state index contributed by atoms with van der Waals surface area (Å²) in [5.41, 5.74) is 2.79. The van der Waals surface area contributed by atoms with E-state index in [4.69, 9.17) is 7.85 Å². The van der Waals surface area contributed by atoms with E-state index in [9.17, 15) is 0 Å². The van der Waals surface area contributed by atoms with Crippen molar-refractivity contribution in [1.29, 1.82) is 0 Å². The third-order valence-corrected chi connectivity index (χ3v) is 11.8. The van der Waals surface area contributed by atoms with Gasteiger partial charge in [-0.05, 0) is 45.5 Å². The summed E-state index contributed by atoms with van der Waals surface area (Å²) in [5, 5.41) is 3.20. The van der Waals surface area contributed by atoms with Crippen LogP contribution in [-0.2, 0) is 6.16 Å². The molecule has 2 radical (unpaired) electrons. The maximum Gasteiger partial charge on any atom is 0.0828 e. The Balaban J connectivity index is 2.04. The van der Waals surface area contributed by atoms with Crippen molar-refractivity contribution in [3.05, 3.63) is 96.1 Å². The van der Waals surface area contributed by atoms with Gasteiger partial charge in [-0.3, -0.25) is 0 Å². The van der Waals surface area contributed by atoms with Gasteiger partial charge < -0.3 is 0 Å². The molecule has 3 aromatic rings. The Morgan fingerprint density at radius 3 is 1.52 bits per heavy atom. The Kier molecular flexibility index (Phi) is 7.83. The molecule has 0 fully saturated rings. The van der Waals surface area contributed by atoms with Crippen LogP contribution >= 0.6 is 15.8 Å². The van der Waals surface area contributed by atoms with Crippen LogP contribution in [0.5, 0.6) is 0 Å². The first-order chi connectivity index (χ1) is 14.6. The molecule has 0 bridgehead atoms. The lowest BCUT2D eigenvalue weighted by Crippen LogP contribution is -2.29. The highest BCUT2D eigenvalue weighted by Gasteiger charge is 2.38. The molecular weight excluding hydrogens is 409 g/mol. The van der Waals surface area contributed by atoms with Crippen LogP contribution < -0.4 is 10.6 Å². The smallest absolute Gasteiger partial charge is 0.0828 e. The molecule has 1 atom stereocenters. The van der Waals surface area contributed by atoms with E-state index in [2.05, 4.69) is 126 Å². The number of hydrogen-bond acceptors (Lipinski definition) is 0. The molecule has 3 heteroatoms. The van der Waals surface area contributed by atoms with Gasteiger partial charge in [0.25, 0.3) is 0 Å². The normalized spacial score (nSPS) is 13.5. The van der Waals surface area contributed by atoms with Gasteiger partial charge in [0, 0.05) is 6.16 Å². The van der Waals surface area contributed by atoms with E-state index < -0.39 is 15.8 Å². The van der Waals surface area contributed by atoms with Gasteiger partial charge in [-0.15, -0.1) is 0 Å². The molecule has 0 N–H and O–H groups in total. The maximum atomic E-state index is 7.10. The van der Waals surface area contributed by atoms with E-state index in [0.717, 1.165) is 6.16 Å². The first-order valence-electron chi connectivity index (χ1n) is 11.1. The van der Waals surface area contributed by atoms with E-state index in [0.29, 0.717) is 0 Å². The van der Waals surface area contributed by atoms with Crippen molar-refractivity contribution < 1.29 is 0 Å². The molecule has 160 valence electrons. The molecule has 0 aliphatic heterocycles. The molecule has 0 aliphatic rings. The maximum absolute atomic E-state index is 7.10. The monoisotopic (exact) mass is 444 g/mol. The van der Waals surface area contributed by atoms with Crippen LogP contribution in [0.2, 0.25) is 0 Å². The number of benzene rings is 3. The third kappa shape index (κ3) is 6.09. The average molecular weight is 444 g/mol. The minimum atomic E-state index is -0.492. The summed E-state index contributed by atoms with van der Waals surface area (Å²) in [7, 11) is 6.16. The Hall–Kier alpha value is -1.42. The van der Waals surface area contributed by atoms with Crippen molar-refractivity contribution in [2.75, 3.05) is 0 Å². The van der Waals surface area contributed by atoms with Crippen molar-refractivity contribution in [1.82, 2.24) is 0 Å². The molecule has 0 spiro atoms. The largest absolute Gasteiger partial charge is 0.0970 e. The Morgan fingerprint density at radius 2 is 1.06 bits per heavy atom. The predicted octanol–water partition coefficient (Wildman–Crippen LogP) is 7.57. The second-order valence-corrected chi connectivity index (χ2v) is 16.3.